The second kappa shape index (κ2) is 5.26. The van der Waals surface area contributed by atoms with Crippen LogP contribution in [0.5, 0.6) is 0 Å². The standard InChI is InChI=1S/C13H25N5/c1-13(2,3)11-15-12(17-16-11)18-7-5-10(6-8-18)9-14-4/h10,14H,5-9H2,1-4H3,(H,15,16,17). The largest absolute Gasteiger partial charge is 0.340 e. The molecule has 0 bridgehead atoms. The van der Waals surface area contributed by atoms with Gasteiger partial charge in [-0.2, -0.15) is 4.98 Å². The molecule has 1 aromatic heterocycles. The molecule has 1 fully saturated rings. The van der Waals surface area contributed by atoms with Crippen molar-refractivity contribution >= 4 is 5.95 Å². The van der Waals surface area contributed by atoms with E-state index in [1.165, 1.54) is 12.8 Å². The van der Waals surface area contributed by atoms with E-state index in [1.807, 2.05) is 7.05 Å². The van der Waals surface area contributed by atoms with Crippen molar-refractivity contribution in [1.29, 1.82) is 0 Å². The van der Waals surface area contributed by atoms with Gasteiger partial charge >= 0.3 is 0 Å². The van der Waals surface area contributed by atoms with Crippen molar-refractivity contribution in [2.45, 2.75) is 39.0 Å². The van der Waals surface area contributed by atoms with Gasteiger partial charge in [0.25, 0.3) is 0 Å². The molecule has 1 aliphatic heterocycles. The Balaban J connectivity index is 1.95. The van der Waals surface area contributed by atoms with Gasteiger partial charge in [0.1, 0.15) is 5.82 Å². The highest BCUT2D eigenvalue weighted by Crippen LogP contribution is 2.23. The maximum Gasteiger partial charge on any atom is 0.244 e. The fourth-order valence-electron chi connectivity index (χ4n) is 2.36. The molecule has 0 unspecified atom stereocenters. The molecule has 0 atom stereocenters. The van der Waals surface area contributed by atoms with Gasteiger partial charge in [0.2, 0.25) is 5.95 Å². The number of anilines is 1. The molecule has 0 aliphatic carbocycles. The molecule has 5 nitrogen and oxygen atoms in total. The average Bonchev–Trinajstić information content (AvgIpc) is 2.79. The molecular weight excluding hydrogens is 226 g/mol. The zero-order valence-electron chi connectivity index (χ0n) is 12.0. The van der Waals surface area contributed by atoms with Crippen LogP contribution in [-0.2, 0) is 5.41 Å². The normalized spacial score (nSPS) is 18.3. The van der Waals surface area contributed by atoms with Gasteiger partial charge in [-0.3, -0.25) is 5.10 Å². The number of nitrogens with zero attached hydrogens (tertiary/aromatic N) is 3. The molecular formula is C13H25N5. The quantitative estimate of drug-likeness (QED) is 0.855. The first-order chi connectivity index (χ1) is 8.50. The number of H-pyrrole nitrogens is 1. The first-order valence-electron chi connectivity index (χ1n) is 6.83. The van der Waals surface area contributed by atoms with Crippen LogP contribution >= 0.6 is 0 Å². The summed E-state index contributed by atoms with van der Waals surface area (Å²) in [4.78, 5) is 6.91. The van der Waals surface area contributed by atoms with Crippen molar-refractivity contribution in [3.05, 3.63) is 5.82 Å². The highest BCUT2D eigenvalue weighted by molar-refractivity contribution is 5.30. The fraction of sp³-hybridized carbons (Fsp3) is 0.846. The van der Waals surface area contributed by atoms with Crippen molar-refractivity contribution < 1.29 is 0 Å². The number of hydrogen-bond acceptors (Lipinski definition) is 4. The molecule has 0 amide bonds. The summed E-state index contributed by atoms with van der Waals surface area (Å²) in [6.45, 7) is 9.69. The fourth-order valence-corrected chi connectivity index (χ4v) is 2.36. The minimum atomic E-state index is 0.0374. The smallest absolute Gasteiger partial charge is 0.244 e. The van der Waals surface area contributed by atoms with Gasteiger partial charge in [-0.15, -0.1) is 5.10 Å². The maximum absolute atomic E-state index is 4.62. The Morgan fingerprint density at radius 1 is 1.33 bits per heavy atom. The predicted molar refractivity (Wildman–Crippen MR) is 73.9 cm³/mol. The van der Waals surface area contributed by atoms with Crippen molar-refractivity contribution in [1.82, 2.24) is 20.5 Å². The van der Waals surface area contributed by atoms with E-state index in [2.05, 4.69) is 46.2 Å². The Kier molecular flexibility index (Phi) is 3.90. The van der Waals surface area contributed by atoms with Gasteiger partial charge in [-0.25, -0.2) is 0 Å². The second-order valence-electron chi connectivity index (χ2n) is 6.22. The van der Waals surface area contributed by atoms with Crippen molar-refractivity contribution in [3.63, 3.8) is 0 Å². The second-order valence-corrected chi connectivity index (χ2v) is 6.22. The molecule has 0 spiro atoms. The molecule has 1 aliphatic rings. The monoisotopic (exact) mass is 251 g/mol. The van der Waals surface area contributed by atoms with E-state index in [-0.39, 0.29) is 5.41 Å². The summed E-state index contributed by atoms with van der Waals surface area (Å²) in [5.41, 5.74) is 0.0374. The van der Waals surface area contributed by atoms with Crippen LogP contribution in [0.25, 0.3) is 0 Å². The predicted octanol–water partition coefficient (Wildman–Crippen LogP) is 1.54. The van der Waals surface area contributed by atoms with Gasteiger partial charge in [0.15, 0.2) is 0 Å². The maximum atomic E-state index is 4.62. The van der Waals surface area contributed by atoms with Crippen LogP contribution in [0.1, 0.15) is 39.4 Å². The van der Waals surface area contributed by atoms with E-state index in [1.54, 1.807) is 0 Å². The molecule has 2 rings (SSSR count). The molecule has 18 heavy (non-hydrogen) atoms. The molecule has 2 heterocycles. The van der Waals surface area contributed by atoms with Crippen LogP contribution in [0.4, 0.5) is 5.95 Å². The highest BCUT2D eigenvalue weighted by Gasteiger charge is 2.24. The summed E-state index contributed by atoms with van der Waals surface area (Å²) in [6, 6.07) is 0. The lowest BCUT2D eigenvalue weighted by Crippen LogP contribution is -2.37. The highest BCUT2D eigenvalue weighted by atomic mass is 15.4. The minimum absolute atomic E-state index is 0.0374. The Labute approximate surface area is 109 Å². The first kappa shape index (κ1) is 13.3. The third-order valence-electron chi connectivity index (χ3n) is 3.57. The average molecular weight is 251 g/mol. The van der Waals surface area contributed by atoms with Gasteiger partial charge in [0.05, 0.1) is 0 Å². The van der Waals surface area contributed by atoms with E-state index >= 15 is 0 Å². The molecule has 0 aromatic carbocycles. The number of aromatic amines is 1. The summed E-state index contributed by atoms with van der Waals surface area (Å²) in [6.07, 6.45) is 2.44. The van der Waals surface area contributed by atoms with E-state index in [0.717, 1.165) is 37.3 Å². The number of rotatable bonds is 3. The zero-order chi connectivity index (χ0) is 13.2. The summed E-state index contributed by atoms with van der Waals surface area (Å²) in [5.74, 6) is 2.63. The minimum Gasteiger partial charge on any atom is -0.340 e. The van der Waals surface area contributed by atoms with Gasteiger partial charge in [-0.05, 0) is 32.4 Å². The van der Waals surface area contributed by atoms with E-state index in [4.69, 9.17) is 0 Å². The van der Waals surface area contributed by atoms with Crippen molar-refractivity contribution in [2.24, 2.45) is 5.92 Å². The molecule has 1 aromatic rings. The Morgan fingerprint density at radius 3 is 2.50 bits per heavy atom. The molecule has 0 radical (unpaired) electrons. The van der Waals surface area contributed by atoms with E-state index in [0.29, 0.717) is 0 Å². The SMILES string of the molecule is CNCC1CCN(c2n[nH]c(C(C)(C)C)n2)CC1. The van der Waals surface area contributed by atoms with Crippen LogP contribution in [0.15, 0.2) is 0 Å². The van der Waals surface area contributed by atoms with E-state index < -0.39 is 0 Å². The Bertz CT molecular complexity index is 371. The number of nitrogens with one attached hydrogen (secondary N) is 2. The molecule has 1 saturated heterocycles. The Hall–Kier alpha value is -1.10. The van der Waals surface area contributed by atoms with Crippen LogP contribution in [0, 0.1) is 5.92 Å². The summed E-state index contributed by atoms with van der Waals surface area (Å²) in [7, 11) is 2.03. The van der Waals surface area contributed by atoms with Crippen LogP contribution in [0.2, 0.25) is 0 Å². The van der Waals surface area contributed by atoms with Gasteiger partial charge < -0.3 is 10.2 Å². The third-order valence-corrected chi connectivity index (χ3v) is 3.57. The number of hydrogen-bond donors (Lipinski definition) is 2. The third kappa shape index (κ3) is 3.02. The summed E-state index contributed by atoms with van der Waals surface area (Å²) < 4.78 is 0. The molecule has 5 heteroatoms. The summed E-state index contributed by atoms with van der Waals surface area (Å²) in [5, 5.41) is 10.7. The lowest BCUT2D eigenvalue weighted by atomic mass is 9.96. The number of piperidine rings is 1. The summed E-state index contributed by atoms with van der Waals surface area (Å²) >= 11 is 0. The van der Waals surface area contributed by atoms with E-state index in [9.17, 15) is 0 Å². The topological polar surface area (TPSA) is 56.8 Å². The lowest BCUT2D eigenvalue weighted by molar-refractivity contribution is 0.391. The van der Waals surface area contributed by atoms with Gasteiger partial charge in [0, 0.05) is 18.5 Å². The molecule has 2 N–H and O–H groups in total. The van der Waals surface area contributed by atoms with Gasteiger partial charge in [-0.1, -0.05) is 20.8 Å². The van der Waals surface area contributed by atoms with Crippen molar-refractivity contribution in [3.8, 4) is 0 Å². The number of aromatic nitrogens is 3. The van der Waals surface area contributed by atoms with Crippen LogP contribution in [0.3, 0.4) is 0 Å². The van der Waals surface area contributed by atoms with Crippen molar-refractivity contribution in [2.75, 3.05) is 31.6 Å². The van der Waals surface area contributed by atoms with Crippen LogP contribution in [-0.4, -0.2) is 41.9 Å². The molecule has 0 saturated carbocycles. The Morgan fingerprint density at radius 2 is 2.00 bits per heavy atom. The lowest BCUT2D eigenvalue weighted by Gasteiger charge is -2.31. The van der Waals surface area contributed by atoms with Crippen LogP contribution < -0.4 is 10.2 Å². The molecule has 102 valence electrons. The first-order valence-corrected chi connectivity index (χ1v) is 6.83. The zero-order valence-corrected chi connectivity index (χ0v) is 12.0.